The summed E-state index contributed by atoms with van der Waals surface area (Å²) in [6.45, 7) is 2.54. The molecule has 3 atom stereocenters. The second-order valence-corrected chi connectivity index (χ2v) is 8.44. The first kappa shape index (κ1) is 19.2. The van der Waals surface area contributed by atoms with Gasteiger partial charge in [0.15, 0.2) is 0 Å². The molecular weight excluding hydrogens is 377 g/mol. The van der Waals surface area contributed by atoms with E-state index in [-0.39, 0.29) is 18.8 Å². The molecule has 148 valence electrons. The van der Waals surface area contributed by atoms with E-state index in [1.54, 1.807) is 18.3 Å². The van der Waals surface area contributed by atoms with Crippen LogP contribution in [0.1, 0.15) is 31.4 Å². The summed E-state index contributed by atoms with van der Waals surface area (Å²) in [6, 6.07) is 13.1. The standard InChI is InChI=1S/C20H24N3O4P/c1-2-22-28(24,27-17-6-4-3-5-7-17)25-15-18-9-10-19(26-18)16-8-11-20-21-12-13-23(20)14-16/h3-8,11-14,18-19H,2,9-10,15H2,1H3,(H,22,24)/t18?,19-,28+/m1/s1. The highest BCUT2D eigenvalue weighted by atomic mass is 31.2. The van der Waals surface area contributed by atoms with E-state index in [9.17, 15) is 4.57 Å². The molecule has 1 unspecified atom stereocenters. The van der Waals surface area contributed by atoms with E-state index < -0.39 is 7.75 Å². The van der Waals surface area contributed by atoms with Gasteiger partial charge in [-0.15, -0.1) is 0 Å². The fraction of sp³-hybridized carbons (Fsp3) is 0.350. The largest absolute Gasteiger partial charge is 0.458 e. The molecule has 0 radical (unpaired) electrons. The molecule has 1 aliphatic rings. The molecule has 28 heavy (non-hydrogen) atoms. The number of rotatable bonds is 8. The maximum atomic E-state index is 13.0. The molecule has 1 aromatic carbocycles. The number of aromatic nitrogens is 2. The molecule has 0 amide bonds. The third-order valence-electron chi connectivity index (χ3n) is 4.64. The van der Waals surface area contributed by atoms with Crippen molar-refractivity contribution in [3.8, 4) is 5.75 Å². The number of ether oxygens (including phenoxy) is 1. The van der Waals surface area contributed by atoms with Crippen molar-refractivity contribution in [3.05, 3.63) is 66.6 Å². The van der Waals surface area contributed by atoms with Crippen molar-refractivity contribution in [2.24, 2.45) is 0 Å². The quantitative estimate of drug-likeness (QED) is 0.565. The van der Waals surface area contributed by atoms with Crippen LogP contribution in [0.5, 0.6) is 5.75 Å². The predicted octanol–water partition coefficient (Wildman–Crippen LogP) is 4.37. The smallest absolute Gasteiger partial charge is 0.413 e. The Balaban J connectivity index is 1.36. The van der Waals surface area contributed by atoms with Gasteiger partial charge in [0, 0.05) is 25.1 Å². The van der Waals surface area contributed by atoms with Gasteiger partial charge in [0.1, 0.15) is 11.4 Å². The summed E-state index contributed by atoms with van der Waals surface area (Å²) < 4.78 is 32.4. The molecule has 0 bridgehead atoms. The number of fused-ring (bicyclic) bond motifs is 1. The highest BCUT2D eigenvalue weighted by molar-refractivity contribution is 7.52. The normalized spacial score (nSPS) is 21.6. The summed E-state index contributed by atoms with van der Waals surface area (Å²) in [6.07, 6.45) is 7.32. The summed E-state index contributed by atoms with van der Waals surface area (Å²) in [5.41, 5.74) is 2.01. The van der Waals surface area contributed by atoms with Crippen molar-refractivity contribution in [1.29, 1.82) is 0 Å². The van der Waals surface area contributed by atoms with Crippen LogP contribution >= 0.6 is 7.75 Å². The van der Waals surface area contributed by atoms with E-state index >= 15 is 0 Å². The van der Waals surface area contributed by atoms with Gasteiger partial charge in [-0.05, 0) is 36.6 Å². The van der Waals surface area contributed by atoms with Crippen LogP contribution in [0.25, 0.3) is 5.65 Å². The van der Waals surface area contributed by atoms with Crippen LogP contribution in [-0.4, -0.2) is 28.6 Å². The topological polar surface area (TPSA) is 74.1 Å². The Morgan fingerprint density at radius 3 is 2.93 bits per heavy atom. The van der Waals surface area contributed by atoms with Crippen LogP contribution in [0.15, 0.2) is 61.1 Å². The minimum atomic E-state index is -3.45. The van der Waals surface area contributed by atoms with Gasteiger partial charge in [0.05, 0.1) is 18.8 Å². The van der Waals surface area contributed by atoms with Crippen LogP contribution in [0.2, 0.25) is 0 Å². The number of nitrogens with zero attached hydrogens (tertiary/aromatic N) is 2. The molecule has 0 saturated carbocycles. The Labute approximate surface area is 164 Å². The van der Waals surface area contributed by atoms with Gasteiger partial charge in [-0.2, -0.15) is 0 Å². The maximum absolute atomic E-state index is 13.0. The average molecular weight is 401 g/mol. The Morgan fingerprint density at radius 2 is 2.11 bits per heavy atom. The van der Waals surface area contributed by atoms with Crippen molar-refractivity contribution in [3.63, 3.8) is 0 Å². The summed E-state index contributed by atoms with van der Waals surface area (Å²) in [7, 11) is -3.45. The lowest BCUT2D eigenvalue weighted by atomic mass is 10.1. The van der Waals surface area contributed by atoms with Crippen molar-refractivity contribution in [1.82, 2.24) is 14.5 Å². The van der Waals surface area contributed by atoms with Crippen LogP contribution in [0, 0.1) is 0 Å². The first-order valence-electron chi connectivity index (χ1n) is 9.47. The van der Waals surface area contributed by atoms with E-state index in [1.165, 1.54) is 0 Å². The van der Waals surface area contributed by atoms with Gasteiger partial charge in [0.2, 0.25) is 0 Å². The second-order valence-electron chi connectivity index (χ2n) is 6.69. The van der Waals surface area contributed by atoms with E-state index in [4.69, 9.17) is 13.8 Å². The fourth-order valence-corrected chi connectivity index (χ4v) is 4.66. The maximum Gasteiger partial charge on any atom is 0.458 e. The SMILES string of the molecule is CCN[P@](=O)(OCC1CC[C@H](c2ccc3nccn3c2)O1)Oc1ccccc1. The first-order chi connectivity index (χ1) is 13.6. The minimum absolute atomic E-state index is 0.00559. The van der Waals surface area contributed by atoms with Crippen LogP contribution in [0.3, 0.4) is 0 Å². The van der Waals surface area contributed by atoms with Gasteiger partial charge in [-0.25, -0.2) is 14.6 Å². The van der Waals surface area contributed by atoms with Gasteiger partial charge in [-0.3, -0.25) is 4.52 Å². The number of para-hydroxylation sites is 1. The highest BCUT2D eigenvalue weighted by Crippen LogP contribution is 2.45. The van der Waals surface area contributed by atoms with Crippen LogP contribution < -0.4 is 9.61 Å². The lowest BCUT2D eigenvalue weighted by molar-refractivity contribution is 0.0145. The molecular formula is C20H24N3O4P. The second kappa shape index (κ2) is 8.45. The van der Waals surface area contributed by atoms with Gasteiger partial charge in [-0.1, -0.05) is 31.2 Å². The Morgan fingerprint density at radius 1 is 1.25 bits per heavy atom. The Kier molecular flexibility index (Phi) is 5.78. The zero-order chi connectivity index (χ0) is 19.4. The highest BCUT2D eigenvalue weighted by Gasteiger charge is 2.32. The Bertz CT molecular complexity index is 962. The molecule has 0 spiro atoms. The summed E-state index contributed by atoms with van der Waals surface area (Å²) in [4.78, 5) is 4.26. The Hall–Kier alpha value is -2.18. The molecule has 8 heteroatoms. The molecule has 0 aliphatic carbocycles. The first-order valence-corrected chi connectivity index (χ1v) is 11.0. The third kappa shape index (κ3) is 4.45. The van der Waals surface area contributed by atoms with Crippen molar-refractivity contribution < 1.29 is 18.3 Å². The van der Waals surface area contributed by atoms with E-state index in [2.05, 4.69) is 10.1 Å². The monoisotopic (exact) mass is 401 g/mol. The molecule has 1 saturated heterocycles. The third-order valence-corrected chi connectivity index (χ3v) is 6.29. The van der Waals surface area contributed by atoms with Crippen molar-refractivity contribution in [2.75, 3.05) is 13.2 Å². The lowest BCUT2D eigenvalue weighted by Gasteiger charge is -2.21. The van der Waals surface area contributed by atoms with E-state index in [0.29, 0.717) is 12.3 Å². The van der Waals surface area contributed by atoms with Gasteiger partial charge in [0.25, 0.3) is 0 Å². The summed E-state index contributed by atoms with van der Waals surface area (Å²) in [5, 5.41) is 2.84. The number of nitrogens with one attached hydrogen (secondary N) is 1. The van der Waals surface area contributed by atoms with Crippen molar-refractivity contribution in [2.45, 2.75) is 32.0 Å². The molecule has 1 N–H and O–H groups in total. The zero-order valence-corrected chi connectivity index (χ0v) is 16.6. The van der Waals surface area contributed by atoms with Crippen LogP contribution in [0.4, 0.5) is 0 Å². The molecule has 3 aromatic rings. The number of hydrogen-bond donors (Lipinski definition) is 1. The number of pyridine rings is 1. The lowest BCUT2D eigenvalue weighted by Crippen LogP contribution is -2.21. The number of imidazole rings is 1. The fourth-order valence-electron chi connectivity index (χ4n) is 3.30. The van der Waals surface area contributed by atoms with E-state index in [0.717, 1.165) is 24.1 Å². The molecule has 4 rings (SSSR count). The number of hydrogen-bond acceptors (Lipinski definition) is 5. The van der Waals surface area contributed by atoms with E-state index in [1.807, 2.05) is 54.0 Å². The summed E-state index contributed by atoms with van der Waals surface area (Å²) >= 11 is 0. The van der Waals surface area contributed by atoms with Gasteiger partial charge < -0.3 is 13.7 Å². The molecule has 1 aliphatic heterocycles. The average Bonchev–Trinajstić information content (AvgIpc) is 3.36. The predicted molar refractivity (Wildman–Crippen MR) is 106 cm³/mol. The van der Waals surface area contributed by atoms with Gasteiger partial charge >= 0.3 is 7.75 Å². The minimum Gasteiger partial charge on any atom is -0.413 e. The zero-order valence-electron chi connectivity index (χ0n) is 15.7. The number of benzene rings is 1. The molecule has 7 nitrogen and oxygen atoms in total. The molecule has 1 fully saturated rings. The summed E-state index contributed by atoms with van der Waals surface area (Å²) in [5.74, 6) is 0.505. The van der Waals surface area contributed by atoms with Crippen LogP contribution in [-0.2, 0) is 13.8 Å². The molecule has 3 heterocycles. The van der Waals surface area contributed by atoms with Crippen molar-refractivity contribution >= 4 is 13.4 Å². The molecule has 2 aromatic heterocycles.